The first-order valence-corrected chi connectivity index (χ1v) is 13.4. The van der Waals surface area contributed by atoms with Gasteiger partial charge < -0.3 is 15.3 Å². The lowest BCUT2D eigenvalue weighted by Gasteiger charge is -2.61. The zero-order valence-electron chi connectivity index (χ0n) is 22.1. The number of aliphatic hydroxyl groups is 3. The molecule has 8 atom stereocenters. The van der Waals surface area contributed by atoms with E-state index < -0.39 is 17.6 Å². The van der Waals surface area contributed by atoms with Gasteiger partial charge in [0.2, 0.25) is 0 Å². The third kappa shape index (κ3) is 3.55. The van der Waals surface area contributed by atoms with E-state index in [4.69, 9.17) is 0 Å². The van der Waals surface area contributed by atoms with Crippen LogP contribution in [0.15, 0.2) is 34.9 Å². The van der Waals surface area contributed by atoms with Gasteiger partial charge in [0, 0.05) is 5.41 Å². The molecule has 0 aliphatic heterocycles. The SMILES string of the molecule is C=C(CCC(C)C1CC=C2C3=C(C(O)C(O)C21C)C1(C)CCC(O)C(C)(C)C1CC3)C(C)C. The molecule has 0 aromatic heterocycles. The highest BCUT2D eigenvalue weighted by atomic mass is 16.3. The third-order valence-corrected chi connectivity index (χ3v) is 11.0. The molecule has 0 saturated heterocycles. The van der Waals surface area contributed by atoms with E-state index in [0.29, 0.717) is 23.7 Å². The lowest BCUT2D eigenvalue weighted by Crippen LogP contribution is -2.59. The van der Waals surface area contributed by atoms with Crippen LogP contribution in [0.2, 0.25) is 0 Å². The highest BCUT2D eigenvalue weighted by Crippen LogP contribution is 2.66. The van der Waals surface area contributed by atoms with Crippen molar-refractivity contribution in [3.8, 4) is 0 Å². The zero-order valence-corrected chi connectivity index (χ0v) is 22.1. The summed E-state index contributed by atoms with van der Waals surface area (Å²) in [7, 11) is 0. The van der Waals surface area contributed by atoms with Crippen LogP contribution < -0.4 is 0 Å². The van der Waals surface area contributed by atoms with E-state index in [0.717, 1.165) is 50.5 Å². The Balaban J connectivity index is 1.68. The Hall–Kier alpha value is -0.900. The van der Waals surface area contributed by atoms with Crippen molar-refractivity contribution in [3.63, 3.8) is 0 Å². The van der Waals surface area contributed by atoms with Crippen molar-refractivity contribution in [1.29, 1.82) is 0 Å². The van der Waals surface area contributed by atoms with Gasteiger partial charge in [-0.15, -0.1) is 0 Å². The molecular formula is C30H48O3. The molecule has 4 aliphatic rings. The second-order valence-corrected chi connectivity index (χ2v) is 13.2. The van der Waals surface area contributed by atoms with E-state index >= 15 is 0 Å². The minimum absolute atomic E-state index is 0.169. The first-order valence-electron chi connectivity index (χ1n) is 13.4. The number of aliphatic hydroxyl groups excluding tert-OH is 3. The van der Waals surface area contributed by atoms with Crippen LogP contribution in [0.4, 0.5) is 0 Å². The van der Waals surface area contributed by atoms with Crippen LogP contribution in [-0.4, -0.2) is 33.6 Å². The number of hydrogen-bond donors (Lipinski definition) is 3. The summed E-state index contributed by atoms with van der Waals surface area (Å²) < 4.78 is 0. The Morgan fingerprint density at radius 3 is 2.39 bits per heavy atom. The summed E-state index contributed by atoms with van der Waals surface area (Å²) in [6.07, 6.45) is 7.22. The van der Waals surface area contributed by atoms with Crippen molar-refractivity contribution in [3.05, 3.63) is 34.9 Å². The molecule has 4 rings (SSSR count). The van der Waals surface area contributed by atoms with Crippen molar-refractivity contribution in [2.45, 2.75) is 112 Å². The molecule has 0 amide bonds. The Kier molecular flexibility index (Phi) is 6.37. The van der Waals surface area contributed by atoms with E-state index in [1.54, 1.807) is 0 Å². The normalized spacial score (nSPS) is 43.0. The maximum atomic E-state index is 11.7. The van der Waals surface area contributed by atoms with Gasteiger partial charge in [-0.3, -0.25) is 0 Å². The van der Waals surface area contributed by atoms with Crippen molar-refractivity contribution in [2.75, 3.05) is 0 Å². The summed E-state index contributed by atoms with van der Waals surface area (Å²) in [5.74, 6) is 1.62. The van der Waals surface area contributed by atoms with Crippen LogP contribution in [0.25, 0.3) is 0 Å². The predicted molar refractivity (Wildman–Crippen MR) is 136 cm³/mol. The van der Waals surface area contributed by atoms with Crippen LogP contribution >= 0.6 is 0 Å². The Bertz CT molecular complexity index is 864. The average molecular weight is 457 g/mol. The van der Waals surface area contributed by atoms with Gasteiger partial charge in [-0.05, 0) is 96.2 Å². The summed E-state index contributed by atoms with van der Waals surface area (Å²) in [5.41, 5.74) is 4.30. The molecule has 33 heavy (non-hydrogen) atoms. The highest BCUT2D eigenvalue weighted by molar-refractivity contribution is 5.53. The molecule has 0 heterocycles. The molecule has 4 aliphatic carbocycles. The minimum atomic E-state index is -0.820. The lowest BCUT2D eigenvalue weighted by atomic mass is 9.45. The van der Waals surface area contributed by atoms with Crippen molar-refractivity contribution < 1.29 is 15.3 Å². The lowest BCUT2D eigenvalue weighted by molar-refractivity contribution is -0.116. The summed E-state index contributed by atoms with van der Waals surface area (Å²) >= 11 is 0. The van der Waals surface area contributed by atoms with Gasteiger partial charge in [-0.2, -0.15) is 0 Å². The van der Waals surface area contributed by atoms with Gasteiger partial charge in [0.25, 0.3) is 0 Å². The predicted octanol–water partition coefficient (Wildman–Crippen LogP) is 6.20. The van der Waals surface area contributed by atoms with Crippen molar-refractivity contribution in [1.82, 2.24) is 0 Å². The number of hydrogen-bond acceptors (Lipinski definition) is 3. The first-order chi connectivity index (χ1) is 15.3. The van der Waals surface area contributed by atoms with E-state index in [2.05, 4.69) is 61.1 Å². The standard InChI is InChI=1S/C30H48O3/c1-17(2)18(3)9-10-19(4)21-12-13-22-20-11-14-23-28(5,6)24(31)15-16-29(23,7)25(20)26(32)27(33)30(21,22)8/h13,17,19,21,23-24,26-27,31-33H,3,9-12,14-16H2,1-2,4-8H3. The highest BCUT2D eigenvalue weighted by Gasteiger charge is 2.62. The minimum Gasteiger partial charge on any atom is -0.393 e. The Morgan fingerprint density at radius 2 is 1.76 bits per heavy atom. The van der Waals surface area contributed by atoms with Crippen LogP contribution in [0, 0.1) is 39.9 Å². The molecule has 186 valence electrons. The monoisotopic (exact) mass is 456 g/mol. The summed E-state index contributed by atoms with van der Waals surface area (Å²) in [6.45, 7) is 19.9. The fourth-order valence-electron chi connectivity index (χ4n) is 8.56. The maximum Gasteiger partial charge on any atom is 0.103 e. The van der Waals surface area contributed by atoms with Crippen LogP contribution in [0.3, 0.4) is 0 Å². The largest absolute Gasteiger partial charge is 0.393 e. The van der Waals surface area contributed by atoms with E-state index in [1.807, 2.05) is 0 Å². The van der Waals surface area contributed by atoms with Crippen molar-refractivity contribution >= 4 is 0 Å². The van der Waals surface area contributed by atoms with Gasteiger partial charge in [-0.1, -0.05) is 66.7 Å². The van der Waals surface area contributed by atoms with Gasteiger partial charge in [0.05, 0.1) is 12.2 Å². The zero-order chi connectivity index (χ0) is 24.5. The van der Waals surface area contributed by atoms with E-state index in [-0.39, 0.29) is 16.9 Å². The molecule has 1 fully saturated rings. The number of allylic oxidation sites excluding steroid dienone is 3. The molecule has 0 spiro atoms. The van der Waals surface area contributed by atoms with Crippen LogP contribution in [0.1, 0.15) is 93.4 Å². The summed E-state index contributed by atoms with van der Waals surface area (Å²) in [6, 6.07) is 0. The topological polar surface area (TPSA) is 60.7 Å². The molecule has 1 saturated carbocycles. The molecule has 0 radical (unpaired) electrons. The van der Waals surface area contributed by atoms with Crippen molar-refractivity contribution in [2.24, 2.45) is 39.9 Å². The average Bonchev–Trinajstić information content (AvgIpc) is 3.11. The van der Waals surface area contributed by atoms with Gasteiger partial charge in [0.1, 0.15) is 6.10 Å². The second-order valence-electron chi connectivity index (χ2n) is 13.2. The number of fused-ring (bicyclic) bond motifs is 4. The Labute approximate surface area is 202 Å². The van der Waals surface area contributed by atoms with Gasteiger partial charge in [0.15, 0.2) is 0 Å². The number of rotatable bonds is 5. The molecule has 3 nitrogen and oxygen atoms in total. The molecule has 3 N–H and O–H groups in total. The molecule has 0 aromatic carbocycles. The molecule has 8 unspecified atom stereocenters. The van der Waals surface area contributed by atoms with E-state index in [9.17, 15) is 15.3 Å². The molecule has 0 bridgehead atoms. The summed E-state index contributed by atoms with van der Waals surface area (Å²) in [5, 5.41) is 34.2. The maximum absolute atomic E-state index is 11.7. The van der Waals surface area contributed by atoms with Crippen LogP contribution in [0.5, 0.6) is 0 Å². The Morgan fingerprint density at radius 1 is 1.09 bits per heavy atom. The smallest absolute Gasteiger partial charge is 0.103 e. The van der Waals surface area contributed by atoms with Gasteiger partial charge >= 0.3 is 0 Å². The first kappa shape index (κ1) is 25.2. The summed E-state index contributed by atoms with van der Waals surface area (Å²) in [4.78, 5) is 0. The molecule has 3 heteroatoms. The van der Waals surface area contributed by atoms with Gasteiger partial charge in [-0.25, -0.2) is 0 Å². The fraction of sp³-hybridized carbons (Fsp3) is 0.800. The molecule has 0 aromatic rings. The quantitative estimate of drug-likeness (QED) is 0.432. The van der Waals surface area contributed by atoms with Crippen LogP contribution in [-0.2, 0) is 0 Å². The second kappa shape index (κ2) is 8.35. The third-order valence-electron chi connectivity index (χ3n) is 11.0. The van der Waals surface area contributed by atoms with E-state index in [1.165, 1.54) is 16.7 Å². The molecular weight excluding hydrogens is 408 g/mol. The fourth-order valence-corrected chi connectivity index (χ4v) is 8.56.